The Bertz CT molecular complexity index is 125. The van der Waals surface area contributed by atoms with Crippen molar-refractivity contribution in [1.29, 1.82) is 0 Å². The fourth-order valence-corrected chi connectivity index (χ4v) is 2.88. The molecule has 0 radical (unpaired) electrons. The Morgan fingerprint density at radius 3 is 1.80 bits per heavy atom. The second-order valence-electron chi connectivity index (χ2n) is 5.52. The molecule has 0 bridgehead atoms. The molecule has 0 aliphatic carbocycles. The van der Waals surface area contributed by atoms with Crippen molar-refractivity contribution in [3.8, 4) is 0 Å². The minimum absolute atomic E-state index is 0.873. The van der Waals surface area contributed by atoms with Crippen LogP contribution in [0.3, 0.4) is 0 Å². The van der Waals surface area contributed by atoms with E-state index < -0.39 is 0 Å². The molecule has 0 aliphatic heterocycles. The highest BCUT2D eigenvalue weighted by Gasteiger charge is 2.20. The van der Waals surface area contributed by atoms with E-state index in [1.54, 1.807) is 0 Å². The maximum Gasteiger partial charge on any atom is 0.117 e. The van der Waals surface area contributed by atoms with E-state index in [-0.39, 0.29) is 0 Å². The van der Waals surface area contributed by atoms with Gasteiger partial charge in [0.05, 0.1) is 0 Å². The van der Waals surface area contributed by atoms with Gasteiger partial charge in [0, 0.05) is 0 Å². The average Bonchev–Trinajstić information content (AvgIpc) is 2.16. The Kier molecular flexibility index (Phi) is 9.34. The zero-order chi connectivity index (χ0) is 11.7. The van der Waals surface area contributed by atoms with Crippen molar-refractivity contribution in [1.82, 2.24) is 0 Å². The monoisotopic (exact) mass is 210 g/mol. The van der Waals surface area contributed by atoms with Gasteiger partial charge in [0.25, 0.3) is 0 Å². The zero-order valence-corrected chi connectivity index (χ0v) is 11.7. The summed E-state index contributed by atoms with van der Waals surface area (Å²) in [6.07, 6.45) is 8.52. The largest absolute Gasteiger partial charge is 0.117 e. The second kappa shape index (κ2) is 9.30. The Hall–Kier alpha value is 0.0649. The van der Waals surface area contributed by atoms with Crippen LogP contribution >= 0.6 is 0 Å². The first-order chi connectivity index (χ1) is 7.15. The molecule has 0 aromatic rings. The molecule has 15 heavy (non-hydrogen) atoms. The summed E-state index contributed by atoms with van der Waals surface area (Å²) in [6.45, 7) is 11.7. The third-order valence-corrected chi connectivity index (χ3v) is 3.42. The van der Waals surface area contributed by atoms with Gasteiger partial charge in [-0.2, -0.15) is 0 Å². The predicted molar refractivity (Wildman–Crippen MR) is 74.1 cm³/mol. The van der Waals surface area contributed by atoms with Crippen LogP contribution in [0.1, 0.15) is 59.8 Å². The zero-order valence-electron chi connectivity index (χ0n) is 11.7. The maximum atomic E-state index is 2.37. The van der Waals surface area contributed by atoms with Crippen LogP contribution in [0.2, 0.25) is 13.1 Å². The molecular formula is C14H31B. The molecule has 1 heteroatoms. The van der Waals surface area contributed by atoms with E-state index in [0.29, 0.717) is 0 Å². The first-order valence-electron chi connectivity index (χ1n) is 7.15. The molecule has 0 saturated carbocycles. The molecular weight excluding hydrogens is 179 g/mol. The van der Waals surface area contributed by atoms with Gasteiger partial charge in [-0.15, -0.1) is 0 Å². The fraction of sp³-hybridized carbons (Fsp3) is 1.00. The minimum atomic E-state index is 0.873. The lowest BCUT2D eigenvalue weighted by Crippen LogP contribution is -2.18. The Labute approximate surface area is 98.5 Å². The molecule has 0 aromatic heterocycles. The molecule has 0 heterocycles. The molecule has 0 saturated heterocycles. The van der Waals surface area contributed by atoms with Crippen LogP contribution in [0.4, 0.5) is 0 Å². The molecule has 1 atom stereocenters. The third kappa shape index (κ3) is 7.03. The van der Waals surface area contributed by atoms with Crippen molar-refractivity contribution in [2.24, 2.45) is 17.8 Å². The van der Waals surface area contributed by atoms with E-state index in [1.165, 1.54) is 45.7 Å². The van der Waals surface area contributed by atoms with Crippen molar-refractivity contribution in [2.75, 3.05) is 0 Å². The Morgan fingerprint density at radius 1 is 0.933 bits per heavy atom. The smallest absolute Gasteiger partial charge is 0.0893 e. The van der Waals surface area contributed by atoms with Gasteiger partial charge in [-0.25, -0.2) is 0 Å². The lowest BCUT2D eigenvalue weighted by atomic mass is 9.65. The van der Waals surface area contributed by atoms with E-state index in [9.17, 15) is 0 Å². The summed E-state index contributed by atoms with van der Waals surface area (Å²) in [5.41, 5.74) is 0. The van der Waals surface area contributed by atoms with Crippen LogP contribution in [0.25, 0.3) is 0 Å². The van der Waals surface area contributed by atoms with E-state index in [4.69, 9.17) is 0 Å². The molecule has 0 N–H and O–H groups in total. The van der Waals surface area contributed by atoms with E-state index in [2.05, 4.69) is 34.5 Å². The van der Waals surface area contributed by atoms with Gasteiger partial charge in [-0.1, -0.05) is 66.5 Å². The van der Waals surface area contributed by atoms with Gasteiger partial charge in [0.1, 0.15) is 7.28 Å². The average molecular weight is 210 g/mol. The molecule has 1 unspecified atom stereocenters. The SMILES string of the molecule is CBCC(CC(C)C)C(CCC)CCC. The molecule has 0 rings (SSSR count). The Morgan fingerprint density at radius 2 is 1.47 bits per heavy atom. The summed E-state index contributed by atoms with van der Waals surface area (Å²) >= 11 is 0. The lowest BCUT2D eigenvalue weighted by molar-refractivity contribution is 0.268. The quantitative estimate of drug-likeness (QED) is 0.481. The maximum absolute atomic E-state index is 2.37. The molecule has 0 nitrogen and oxygen atoms in total. The minimum Gasteiger partial charge on any atom is -0.0893 e. The summed E-state index contributed by atoms with van der Waals surface area (Å²) in [7, 11) is 1.36. The topological polar surface area (TPSA) is 0 Å². The van der Waals surface area contributed by atoms with Gasteiger partial charge in [-0.05, 0) is 24.2 Å². The molecule has 0 fully saturated rings. The van der Waals surface area contributed by atoms with Crippen molar-refractivity contribution in [3.05, 3.63) is 0 Å². The van der Waals surface area contributed by atoms with E-state index >= 15 is 0 Å². The number of rotatable bonds is 9. The second-order valence-corrected chi connectivity index (χ2v) is 5.52. The molecule has 0 spiro atoms. The van der Waals surface area contributed by atoms with Crippen LogP contribution < -0.4 is 0 Å². The van der Waals surface area contributed by atoms with E-state index in [1.807, 2.05) is 0 Å². The van der Waals surface area contributed by atoms with Crippen molar-refractivity contribution in [3.63, 3.8) is 0 Å². The highest BCUT2D eigenvalue weighted by Crippen LogP contribution is 2.31. The van der Waals surface area contributed by atoms with Gasteiger partial charge in [0.2, 0.25) is 0 Å². The van der Waals surface area contributed by atoms with Crippen LogP contribution in [0, 0.1) is 17.8 Å². The first-order valence-corrected chi connectivity index (χ1v) is 7.15. The van der Waals surface area contributed by atoms with Crippen LogP contribution in [0.5, 0.6) is 0 Å². The standard InChI is InChI=1S/C14H31B/c1-6-8-13(9-7-2)14(11-15-5)10-12(3)4/h12-15H,6-11H2,1-5H3. The highest BCUT2D eigenvalue weighted by atomic mass is 14.2. The number of hydrogen-bond acceptors (Lipinski definition) is 0. The van der Waals surface area contributed by atoms with Crippen LogP contribution in [0.15, 0.2) is 0 Å². The summed E-state index contributed by atoms with van der Waals surface area (Å²) in [4.78, 5) is 0. The fourth-order valence-electron chi connectivity index (χ4n) is 2.88. The van der Waals surface area contributed by atoms with Crippen molar-refractivity contribution < 1.29 is 0 Å². The lowest BCUT2D eigenvalue weighted by Gasteiger charge is -2.28. The van der Waals surface area contributed by atoms with Crippen molar-refractivity contribution in [2.45, 2.75) is 72.9 Å². The number of hydrogen-bond donors (Lipinski definition) is 0. The molecule has 90 valence electrons. The van der Waals surface area contributed by atoms with Gasteiger partial charge < -0.3 is 0 Å². The Balaban J connectivity index is 4.22. The van der Waals surface area contributed by atoms with E-state index in [0.717, 1.165) is 17.8 Å². The summed E-state index contributed by atoms with van der Waals surface area (Å²) in [6, 6.07) is 0. The summed E-state index contributed by atoms with van der Waals surface area (Å²) < 4.78 is 0. The third-order valence-electron chi connectivity index (χ3n) is 3.42. The van der Waals surface area contributed by atoms with Crippen molar-refractivity contribution >= 4 is 7.28 Å². The molecule has 0 aromatic carbocycles. The van der Waals surface area contributed by atoms with Gasteiger partial charge >= 0.3 is 0 Å². The summed E-state index contributed by atoms with van der Waals surface area (Å²) in [5.74, 6) is 2.87. The predicted octanol–water partition coefficient (Wildman–Crippen LogP) is 4.77. The normalized spacial score (nSPS) is 13.5. The van der Waals surface area contributed by atoms with Crippen LogP contribution in [-0.2, 0) is 0 Å². The molecule has 0 aliphatic rings. The summed E-state index contributed by atoms with van der Waals surface area (Å²) in [5, 5.41) is 0. The molecule has 0 amide bonds. The van der Waals surface area contributed by atoms with Gasteiger partial charge in [0.15, 0.2) is 0 Å². The highest BCUT2D eigenvalue weighted by molar-refractivity contribution is 6.33. The van der Waals surface area contributed by atoms with Gasteiger partial charge in [-0.3, -0.25) is 0 Å². The first kappa shape index (κ1) is 15.1. The van der Waals surface area contributed by atoms with Crippen LogP contribution in [-0.4, -0.2) is 7.28 Å².